The van der Waals surface area contributed by atoms with Crippen LogP contribution >= 0.6 is 0 Å². The fourth-order valence-corrected chi connectivity index (χ4v) is 3.31. The summed E-state index contributed by atoms with van der Waals surface area (Å²) in [6.45, 7) is 4.85. The molecular weight excluding hydrogens is 372 g/mol. The minimum absolute atomic E-state index is 0.156. The number of benzene rings is 1. The first kappa shape index (κ1) is 20.6. The van der Waals surface area contributed by atoms with Gasteiger partial charge in [0.25, 0.3) is 5.91 Å². The third-order valence-electron chi connectivity index (χ3n) is 4.92. The summed E-state index contributed by atoms with van der Waals surface area (Å²) in [6.07, 6.45) is 1.47. The molecule has 0 unspecified atom stereocenters. The monoisotopic (exact) mass is 398 g/mol. The van der Waals surface area contributed by atoms with Gasteiger partial charge < -0.3 is 15.0 Å². The summed E-state index contributed by atoms with van der Waals surface area (Å²) in [7, 11) is 0. The fraction of sp³-hybridized carbons (Fsp3) is 0.429. The highest BCUT2D eigenvalue weighted by atomic mass is 16.5. The van der Waals surface area contributed by atoms with Gasteiger partial charge in [0.15, 0.2) is 5.69 Å². The van der Waals surface area contributed by atoms with E-state index < -0.39 is 0 Å². The second kappa shape index (κ2) is 9.36. The average molecular weight is 398 g/mol. The normalized spacial score (nSPS) is 14.5. The number of esters is 1. The first-order valence-electron chi connectivity index (χ1n) is 9.94. The number of anilines is 1. The van der Waals surface area contributed by atoms with E-state index >= 15 is 0 Å². The summed E-state index contributed by atoms with van der Waals surface area (Å²) < 4.78 is 6.64. The first-order valence-corrected chi connectivity index (χ1v) is 9.94. The van der Waals surface area contributed by atoms with Crippen LogP contribution in [0.15, 0.2) is 36.4 Å². The summed E-state index contributed by atoms with van der Waals surface area (Å²) >= 11 is 0. The van der Waals surface area contributed by atoms with Crippen molar-refractivity contribution in [1.82, 2.24) is 14.7 Å². The van der Waals surface area contributed by atoms with Gasteiger partial charge >= 0.3 is 5.97 Å². The van der Waals surface area contributed by atoms with Gasteiger partial charge in [0.2, 0.25) is 5.91 Å². The second-order valence-corrected chi connectivity index (χ2v) is 6.88. The Morgan fingerprint density at radius 3 is 2.45 bits per heavy atom. The summed E-state index contributed by atoms with van der Waals surface area (Å²) in [5.41, 5.74) is 1.01. The Morgan fingerprint density at radius 2 is 1.83 bits per heavy atom. The molecule has 1 N–H and O–H groups in total. The maximum absolute atomic E-state index is 13.0. The number of piperidine rings is 1. The zero-order chi connectivity index (χ0) is 20.8. The number of carbonyl (C=O) groups is 3. The molecule has 1 aliphatic rings. The molecule has 1 aromatic carbocycles. The number of aromatic nitrogens is 2. The molecule has 0 atom stereocenters. The number of nitrogens with one attached hydrogen (secondary N) is 1. The summed E-state index contributed by atoms with van der Waals surface area (Å²) in [5.74, 6) is -0.282. The minimum Gasteiger partial charge on any atom is -0.466 e. The van der Waals surface area contributed by atoms with Crippen LogP contribution in [0.2, 0.25) is 0 Å². The number of ether oxygens (including phenoxy) is 1. The Labute approximate surface area is 169 Å². The summed E-state index contributed by atoms with van der Waals surface area (Å²) in [5, 5.41) is 7.25. The van der Waals surface area contributed by atoms with Crippen LogP contribution in [0.1, 0.15) is 43.6 Å². The first-order chi connectivity index (χ1) is 14.0. The van der Waals surface area contributed by atoms with E-state index in [2.05, 4.69) is 10.4 Å². The van der Waals surface area contributed by atoms with E-state index in [1.165, 1.54) is 0 Å². The number of rotatable bonds is 6. The van der Waals surface area contributed by atoms with Gasteiger partial charge in [0, 0.05) is 25.6 Å². The molecule has 8 nitrogen and oxygen atoms in total. The summed E-state index contributed by atoms with van der Waals surface area (Å²) in [4.78, 5) is 38.5. The van der Waals surface area contributed by atoms with E-state index in [9.17, 15) is 14.4 Å². The van der Waals surface area contributed by atoms with E-state index in [1.54, 1.807) is 29.5 Å². The number of para-hydroxylation sites is 1. The number of nitrogens with zero attached hydrogens (tertiary/aromatic N) is 3. The Morgan fingerprint density at radius 1 is 1.14 bits per heavy atom. The zero-order valence-corrected chi connectivity index (χ0v) is 16.8. The molecule has 2 amide bonds. The SMILES string of the molecule is CCOC(=O)C1CCN(C(=O)c2cc(NC(=O)CC)n(-c3ccccc3)n2)CC1. The van der Waals surface area contributed by atoms with Crippen molar-refractivity contribution in [2.24, 2.45) is 5.92 Å². The number of hydrogen-bond donors (Lipinski definition) is 1. The van der Waals surface area contributed by atoms with E-state index in [1.807, 2.05) is 30.3 Å². The van der Waals surface area contributed by atoms with Gasteiger partial charge in [-0.3, -0.25) is 14.4 Å². The molecule has 0 bridgehead atoms. The predicted octanol–water partition coefficient (Wildman–Crippen LogP) is 2.64. The number of likely N-dealkylation sites (tertiary alicyclic amines) is 1. The molecule has 1 aromatic heterocycles. The van der Waals surface area contributed by atoms with Crippen molar-refractivity contribution in [2.75, 3.05) is 25.0 Å². The lowest BCUT2D eigenvalue weighted by Gasteiger charge is -2.30. The van der Waals surface area contributed by atoms with Crippen LogP contribution in [0.25, 0.3) is 5.69 Å². The van der Waals surface area contributed by atoms with Crippen LogP contribution in [-0.2, 0) is 14.3 Å². The highest BCUT2D eigenvalue weighted by molar-refractivity contribution is 5.95. The van der Waals surface area contributed by atoms with Crippen molar-refractivity contribution >= 4 is 23.6 Å². The highest BCUT2D eigenvalue weighted by Crippen LogP contribution is 2.23. The van der Waals surface area contributed by atoms with E-state index in [0.29, 0.717) is 44.8 Å². The molecule has 0 aliphatic carbocycles. The lowest BCUT2D eigenvalue weighted by molar-refractivity contribution is -0.149. The smallest absolute Gasteiger partial charge is 0.309 e. The molecule has 0 spiro atoms. The molecule has 154 valence electrons. The molecule has 0 radical (unpaired) electrons. The minimum atomic E-state index is -0.214. The Bertz CT molecular complexity index is 870. The highest BCUT2D eigenvalue weighted by Gasteiger charge is 2.30. The third-order valence-corrected chi connectivity index (χ3v) is 4.92. The van der Waals surface area contributed by atoms with Gasteiger partial charge in [0.1, 0.15) is 5.82 Å². The fourth-order valence-electron chi connectivity index (χ4n) is 3.31. The third kappa shape index (κ3) is 4.82. The van der Waals surface area contributed by atoms with Crippen molar-refractivity contribution in [3.8, 4) is 5.69 Å². The lowest BCUT2D eigenvalue weighted by Crippen LogP contribution is -2.40. The van der Waals surface area contributed by atoms with Crippen LogP contribution in [0.3, 0.4) is 0 Å². The molecule has 1 saturated heterocycles. The standard InChI is InChI=1S/C21H26N4O4/c1-3-19(26)22-18-14-17(23-25(18)16-8-6-5-7-9-16)20(27)24-12-10-15(11-13-24)21(28)29-4-2/h5-9,14-15H,3-4,10-13H2,1-2H3,(H,22,26). The van der Waals surface area contributed by atoms with Crippen LogP contribution in [-0.4, -0.2) is 52.2 Å². The lowest BCUT2D eigenvalue weighted by atomic mass is 9.97. The van der Waals surface area contributed by atoms with Crippen LogP contribution in [0.5, 0.6) is 0 Å². The molecule has 29 heavy (non-hydrogen) atoms. The molecule has 1 fully saturated rings. The van der Waals surface area contributed by atoms with Gasteiger partial charge in [-0.25, -0.2) is 4.68 Å². The molecule has 8 heteroatoms. The van der Waals surface area contributed by atoms with Crippen molar-refractivity contribution in [2.45, 2.75) is 33.1 Å². The Balaban J connectivity index is 1.77. The van der Waals surface area contributed by atoms with Crippen LogP contribution < -0.4 is 5.32 Å². The van der Waals surface area contributed by atoms with Gasteiger partial charge in [-0.15, -0.1) is 0 Å². The molecule has 3 rings (SSSR count). The van der Waals surface area contributed by atoms with Crippen LogP contribution in [0.4, 0.5) is 5.82 Å². The number of hydrogen-bond acceptors (Lipinski definition) is 5. The van der Waals surface area contributed by atoms with Gasteiger partial charge in [-0.1, -0.05) is 25.1 Å². The molecule has 2 heterocycles. The summed E-state index contributed by atoms with van der Waals surface area (Å²) in [6, 6.07) is 10.9. The second-order valence-electron chi connectivity index (χ2n) is 6.88. The maximum atomic E-state index is 13.0. The van der Waals surface area contributed by atoms with E-state index in [0.717, 1.165) is 5.69 Å². The van der Waals surface area contributed by atoms with E-state index in [4.69, 9.17) is 4.74 Å². The van der Waals surface area contributed by atoms with Gasteiger partial charge in [-0.05, 0) is 31.9 Å². The van der Waals surface area contributed by atoms with Crippen molar-refractivity contribution in [1.29, 1.82) is 0 Å². The van der Waals surface area contributed by atoms with Crippen molar-refractivity contribution < 1.29 is 19.1 Å². The number of carbonyl (C=O) groups excluding carboxylic acids is 3. The quantitative estimate of drug-likeness (QED) is 0.755. The molecular formula is C21H26N4O4. The zero-order valence-electron chi connectivity index (χ0n) is 16.8. The molecule has 1 aliphatic heterocycles. The largest absolute Gasteiger partial charge is 0.466 e. The average Bonchev–Trinajstić information content (AvgIpc) is 3.17. The maximum Gasteiger partial charge on any atom is 0.309 e. The number of amides is 2. The Hall–Kier alpha value is -3.16. The molecule has 0 saturated carbocycles. The van der Waals surface area contributed by atoms with Crippen LogP contribution in [0, 0.1) is 5.92 Å². The van der Waals surface area contributed by atoms with Gasteiger partial charge in [0.05, 0.1) is 18.2 Å². The van der Waals surface area contributed by atoms with Gasteiger partial charge in [-0.2, -0.15) is 5.10 Å². The van der Waals surface area contributed by atoms with Crippen molar-refractivity contribution in [3.63, 3.8) is 0 Å². The van der Waals surface area contributed by atoms with E-state index in [-0.39, 0.29) is 29.4 Å². The molecule has 2 aromatic rings. The Kier molecular flexibility index (Phi) is 6.64. The predicted molar refractivity (Wildman–Crippen MR) is 108 cm³/mol. The van der Waals surface area contributed by atoms with Crippen molar-refractivity contribution in [3.05, 3.63) is 42.1 Å². The topological polar surface area (TPSA) is 93.5 Å².